The van der Waals surface area contributed by atoms with Crippen molar-refractivity contribution >= 4 is 23.6 Å². The number of carbonyl (C=O) groups is 2. The molecule has 0 bridgehead atoms. The Kier molecular flexibility index (Phi) is 5.95. The number of amides is 1. The fourth-order valence-electron chi connectivity index (χ4n) is 1.89. The van der Waals surface area contributed by atoms with E-state index in [1.54, 1.807) is 18.9 Å². The van der Waals surface area contributed by atoms with Gasteiger partial charge in [-0.05, 0) is 37.7 Å². The first kappa shape index (κ1) is 15.3. The van der Waals surface area contributed by atoms with Crippen LogP contribution in [0.3, 0.4) is 0 Å². The van der Waals surface area contributed by atoms with Crippen LogP contribution in [0.25, 0.3) is 0 Å². The molecule has 0 saturated carbocycles. The van der Waals surface area contributed by atoms with Crippen molar-refractivity contribution in [1.82, 2.24) is 5.32 Å². The number of rotatable bonds is 6. The van der Waals surface area contributed by atoms with Crippen molar-refractivity contribution in [3.8, 4) is 0 Å². The standard InChI is InChI=1S/C12H21NO4S/c1-9(17-2)3-4-10(14)13-12(11(15)16)5-7-18-8-6-12/h9H,3-8H2,1-2H3,(H,13,14)(H,15,16). The minimum absolute atomic E-state index is 0.0124. The molecule has 1 saturated heterocycles. The van der Waals surface area contributed by atoms with E-state index in [2.05, 4.69) is 5.32 Å². The number of methoxy groups -OCH3 is 1. The van der Waals surface area contributed by atoms with Crippen LogP contribution in [0.1, 0.15) is 32.6 Å². The molecule has 0 radical (unpaired) electrons. The SMILES string of the molecule is COC(C)CCC(=O)NC1(C(=O)O)CCSCC1. The maximum absolute atomic E-state index is 11.8. The number of thioether (sulfide) groups is 1. The normalized spacial score (nSPS) is 20.1. The van der Waals surface area contributed by atoms with Gasteiger partial charge in [-0.3, -0.25) is 4.79 Å². The Hall–Kier alpha value is -0.750. The third-order valence-corrected chi connectivity index (χ3v) is 4.30. The average molecular weight is 275 g/mol. The first-order valence-corrected chi connectivity index (χ1v) is 7.30. The van der Waals surface area contributed by atoms with Gasteiger partial charge in [0, 0.05) is 13.5 Å². The number of hydrogen-bond acceptors (Lipinski definition) is 4. The summed E-state index contributed by atoms with van der Waals surface area (Å²) in [5.41, 5.74) is -1.06. The van der Waals surface area contributed by atoms with Gasteiger partial charge in [-0.1, -0.05) is 0 Å². The third-order valence-electron chi connectivity index (χ3n) is 3.31. The van der Waals surface area contributed by atoms with Gasteiger partial charge >= 0.3 is 5.97 Å². The second kappa shape index (κ2) is 6.99. The van der Waals surface area contributed by atoms with Crippen LogP contribution in [-0.2, 0) is 14.3 Å². The number of carboxylic acids is 1. The van der Waals surface area contributed by atoms with Crippen LogP contribution in [0.4, 0.5) is 0 Å². The fourth-order valence-corrected chi connectivity index (χ4v) is 3.08. The van der Waals surface area contributed by atoms with Gasteiger partial charge in [0.2, 0.25) is 5.91 Å². The fraction of sp³-hybridized carbons (Fsp3) is 0.833. The molecule has 0 spiro atoms. The molecule has 1 aliphatic rings. The highest BCUT2D eigenvalue weighted by atomic mass is 32.2. The van der Waals surface area contributed by atoms with Gasteiger partial charge in [-0.15, -0.1) is 0 Å². The Morgan fingerprint density at radius 1 is 1.44 bits per heavy atom. The van der Waals surface area contributed by atoms with E-state index in [0.29, 0.717) is 25.7 Å². The summed E-state index contributed by atoms with van der Waals surface area (Å²) in [6.45, 7) is 1.89. The predicted octanol–water partition coefficient (Wildman–Crippen LogP) is 1.27. The second-order valence-corrected chi connectivity index (χ2v) is 5.86. The van der Waals surface area contributed by atoms with Gasteiger partial charge in [-0.25, -0.2) is 4.79 Å². The summed E-state index contributed by atoms with van der Waals surface area (Å²) in [4.78, 5) is 23.2. The van der Waals surface area contributed by atoms with Gasteiger partial charge in [-0.2, -0.15) is 11.8 Å². The number of aliphatic carboxylic acids is 1. The molecule has 1 unspecified atom stereocenters. The summed E-state index contributed by atoms with van der Waals surface area (Å²) in [7, 11) is 1.60. The summed E-state index contributed by atoms with van der Waals surface area (Å²) in [5, 5.41) is 12.0. The number of hydrogen-bond donors (Lipinski definition) is 2. The number of carboxylic acid groups (broad SMARTS) is 1. The minimum atomic E-state index is -1.06. The Morgan fingerprint density at radius 2 is 2.06 bits per heavy atom. The van der Waals surface area contributed by atoms with Crippen LogP contribution in [0.15, 0.2) is 0 Å². The van der Waals surface area contributed by atoms with Crippen LogP contribution in [0.5, 0.6) is 0 Å². The molecule has 5 nitrogen and oxygen atoms in total. The van der Waals surface area contributed by atoms with E-state index in [4.69, 9.17) is 4.74 Å². The zero-order chi connectivity index (χ0) is 13.6. The quantitative estimate of drug-likeness (QED) is 0.763. The molecule has 18 heavy (non-hydrogen) atoms. The molecule has 1 rings (SSSR count). The maximum atomic E-state index is 11.8. The monoisotopic (exact) mass is 275 g/mol. The lowest BCUT2D eigenvalue weighted by molar-refractivity contribution is -0.148. The summed E-state index contributed by atoms with van der Waals surface area (Å²) in [6.07, 6.45) is 1.92. The van der Waals surface area contributed by atoms with Crippen molar-refractivity contribution in [3.05, 3.63) is 0 Å². The molecule has 2 N–H and O–H groups in total. The van der Waals surface area contributed by atoms with Crippen molar-refractivity contribution in [3.63, 3.8) is 0 Å². The summed E-state index contributed by atoms with van der Waals surface area (Å²) >= 11 is 1.73. The highest BCUT2D eigenvalue weighted by molar-refractivity contribution is 7.99. The molecule has 1 heterocycles. The van der Waals surface area contributed by atoms with E-state index in [-0.39, 0.29) is 12.0 Å². The van der Waals surface area contributed by atoms with E-state index >= 15 is 0 Å². The van der Waals surface area contributed by atoms with Crippen LogP contribution in [0, 0.1) is 0 Å². The van der Waals surface area contributed by atoms with Gasteiger partial charge in [0.25, 0.3) is 0 Å². The molecule has 1 fully saturated rings. The van der Waals surface area contributed by atoms with Crippen molar-refractivity contribution in [2.24, 2.45) is 0 Å². The van der Waals surface area contributed by atoms with Crippen molar-refractivity contribution in [2.75, 3.05) is 18.6 Å². The minimum Gasteiger partial charge on any atom is -0.480 e. The smallest absolute Gasteiger partial charge is 0.329 e. The topological polar surface area (TPSA) is 75.6 Å². The van der Waals surface area contributed by atoms with Crippen LogP contribution >= 0.6 is 11.8 Å². The van der Waals surface area contributed by atoms with Crippen LogP contribution < -0.4 is 5.32 Å². The molecule has 104 valence electrons. The molecular formula is C12H21NO4S. The second-order valence-electron chi connectivity index (χ2n) is 4.63. The number of nitrogens with one attached hydrogen (secondary N) is 1. The maximum Gasteiger partial charge on any atom is 0.329 e. The number of carbonyl (C=O) groups excluding carboxylic acids is 1. The third kappa shape index (κ3) is 4.17. The zero-order valence-corrected chi connectivity index (χ0v) is 11.7. The molecule has 0 aromatic heterocycles. The number of ether oxygens (including phenoxy) is 1. The molecule has 1 aliphatic heterocycles. The molecule has 1 atom stereocenters. The zero-order valence-electron chi connectivity index (χ0n) is 10.9. The van der Waals surface area contributed by atoms with Gasteiger partial charge < -0.3 is 15.2 Å². The molecule has 1 amide bonds. The molecule has 0 aliphatic carbocycles. The van der Waals surface area contributed by atoms with E-state index in [1.807, 2.05) is 6.92 Å². The van der Waals surface area contributed by atoms with E-state index in [9.17, 15) is 14.7 Å². The average Bonchev–Trinajstić information content (AvgIpc) is 2.36. The first-order valence-electron chi connectivity index (χ1n) is 6.15. The lowest BCUT2D eigenvalue weighted by Crippen LogP contribution is -2.56. The highest BCUT2D eigenvalue weighted by Gasteiger charge is 2.41. The molecule has 0 aromatic carbocycles. The molecule has 6 heteroatoms. The van der Waals surface area contributed by atoms with E-state index in [1.165, 1.54) is 0 Å². The highest BCUT2D eigenvalue weighted by Crippen LogP contribution is 2.27. The van der Waals surface area contributed by atoms with E-state index < -0.39 is 11.5 Å². The Labute approximate surface area is 112 Å². The van der Waals surface area contributed by atoms with Gasteiger partial charge in [0.15, 0.2) is 0 Å². The predicted molar refractivity (Wildman–Crippen MR) is 70.8 cm³/mol. The summed E-state index contributed by atoms with van der Waals surface area (Å²) in [6, 6.07) is 0. The van der Waals surface area contributed by atoms with Crippen molar-refractivity contribution in [1.29, 1.82) is 0 Å². The first-order chi connectivity index (χ1) is 8.50. The lowest BCUT2D eigenvalue weighted by Gasteiger charge is -2.33. The molecule has 0 aromatic rings. The van der Waals surface area contributed by atoms with Crippen LogP contribution in [-0.4, -0.2) is 47.2 Å². The Morgan fingerprint density at radius 3 is 2.56 bits per heavy atom. The lowest BCUT2D eigenvalue weighted by atomic mass is 9.92. The Bertz CT molecular complexity index is 302. The van der Waals surface area contributed by atoms with Crippen LogP contribution in [0.2, 0.25) is 0 Å². The van der Waals surface area contributed by atoms with E-state index in [0.717, 1.165) is 11.5 Å². The summed E-state index contributed by atoms with van der Waals surface area (Å²) in [5.74, 6) is 0.436. The Balaban J connectivity index is 2.50. The molecular weight excluding hydrogens is 254 g/mol. The van der Waals surface area contributed by atoms with Gasteiger partial charge in [0.05, 0.1) is 6.10 Å². The summed E-state index contributed by atoms with van der Waals surface area (Å²) < 4.78 is 5.06. The largest absolute Gasteiger partial charge is 0.480 e. The van der Waals surface area contributed by atoms with Crippen molar-refractivity contribution in [2.45, 2.75) is 44.2 Å². The van der Waals surface area contributed by atoms with Crippen molar-refractivity contribution < 1.29 is 19.4 Å². The van der Waals surface area contributed by atoms with Gasteiger partial charge in [0.1, 0.15) is 5.54 Å².